The van der Waals surface area contributed by atoms with Gasteiger partial charge in [-0.2, -0.15) is 13.2 Å². The first kappa shape index (κ1) is 28.1. The number of benzene rings is 1. The van der Waals surface area contributed by atoms with Gasteiger partial charge in [-0.15, -0.1) is 0 Å². The van der Waals surface area contributed by atoms with Crippen molar-refractivity contribution in [2.24, 2.45) is 5.92 Å². The number of rotatable bonds is 7. The number of alkyl halides is 3. The highest BCUT2D eigenvalue weighted by molar-refractivity contribution is 5.98. The monoisotopic (exact) mass is 556 g/mol. The second-order valence-electron chi connectivity index (χ2n) is 11.3. The molecule has 0 amide bonds. The number of hydrogen-bond donors (Lipinski definition) is 2. The number of likely N-dealkylation sites (tertiary alicyclic amines) is 1. The number of aromatic nitrogens is 2. The Kier molecular flexibility index (Phi) is 7.39. The Bertz CT molecular complexity index is 1490. The van der Waals surface area contributed by atoms with Crippen LogP contribution < -0.4 is 5.69 Å². The van der Waals surface area contributed by atoms with Crippen LogP contribution in [0.5, 0.6) is 0 Å². The minimum absolute atomic E-state index is 0.0569. The number of likely N-dealkylation sites (N-methyl/N-ethyl adjacent to an activating group) is 1. The molecular formula is C29H35F3N6O2. The molecule has 0 bridgehead atoms. The summed E-state index contributed by atoms with van der Waals surface area (Å²) in [5, 5.41) is 16.4. The quantitative estimate of drug-likeness (QED) is 0.320. The summed E-state index contributed by atoms with van der Waals surface area (Å²) in [4.78, 5) is 17.2. The molecule has 1 saturated carbocycles. The smallest absolute Gasteiger partial charge is 0.381 e. The van der Waals surface area contributed by atoms with Gasteiger partial charge >= 0.3 is 11.9 Å². The summed E-state index contributed by atoms with van der Waals surface area (Å²) in [5.41, 5.74) is -0.754. The summed E-state index contributed by atoms with van der Waals surface area (Å²) >= 11 is 0. The average Bonchev–Trinajstić information content (AvgIpc) is 3.23. The van der Waals surface area contributed by atoms with E-state index < -0.39 is 22.8 Å². The maximum atomic E-state index is 14.2. The van der Waals surface area contributed by atoms with E-state index in [1.54, 1.807) is 32.4 Å². The van der Waals surface area contributed by atoms with Gasteiger partial charge in [-0.1, -0.05) is 19.1 Å². The van der Waals surface area contributed by atoms with Crippen molar-refractivity contribution in [3.63, 3.8) is 0 Å². The summed E-state index contributed by atoms with van der Waals surface area (Å²) in [6.07, 6.45) is 2.31. The van der Waals surface area contributed by atoms with E-state index in [4.69, 9.17) is 15.6 Å². The second-order valence-corrected chi connectivity index (χ2v) is 11.3. The van der Waals surface area contributed by atoms with Crippen LogP contribution in [0.1, 0.15) is 49.3 Å². The van der Waals surface area contributed by atoms with Crippen molar-refractivity contribution in [2.45, 2.75) is 56.8 Å². The number of ether oxygens (including phenoxy) is 1. The van der Waals surface area contributed by atoms with Gasteiger partial charge in [0.05, 0.1) is 34.6 Å². The number of imidazole rings is 1. The molecule has 1 aromatic carbocycles. The van der Waals surface area contributed by atoms with Gasteiger partial charge in [-0.25, -0.2) is 4.79 Å². The molecule has 214 valence electrons. The SMILES string of the molecule is COC1CC(C(=N)N(C)C=N)(c2cccc(-n3cc4c(C(F)(F)F)cc(CN5CCC[C@H](C)C5)cn4c3=O)c2)C1. The zero-order chi connectivity index (χ0) is 28.8. The molecule has 1 atom stereocenters. The Morgan fingerprint density at radius 3 is 2.65 bits per heavy atom. The minimum atomic E-state index is -4.63. The number of fused-ring (bicyclic) bond motifs is 1. The number of nitrogens with zero attached hydrogens (tertiary/aromatic N) is 4. The van der Waals surface area contributed by atoms with E-state index >= 15 is 0 Å². The van der Waals surface area contributed by atoms with E-state index in [0.29, 0.717) is 36.6 Å². The topological polar surface area (TPSA) is 89.8 Å². The summed E-state index contributed by atoms with van der Waals surface area (Å²) < 4.78 is 50.5. The Balaban J connectivity index is 1.58. The third-order valence-electron chi connectivity index (χ3n) is 8.44. The van der Waals surface area contributed by atoms with E-state index in [9.17, 15) is 18.0 Å². The molecule has 5 rings (SSSR count). The lowest BCUT2D eigenvalue weighted by molar-refractivity contribution is -0.136. The number of piperidine rings is 1. The predicted molar refractivity (Wildman–Crippen MR) is 148 cm³/mol. The van der Waals surface area contributed by atoms with Crippen LogP contribution in [0, 0.1) is 16.7 Å². The van der Waals surface area contributed by atoms with Crippen molar-refractivity contribution in [1.29, 1.82) is 10.8 Å². The van der Waals surface area contributed by atoms with Gasteiger partial charge in [0.1, 0.15) is 5.84 Å². The number of methoxy groups -OCH3 is 1. The molecule has 1 aliphatic carbocycles. The molecule has 1 saturated heterocycles. The van der Waals surface area contributed by atoms with E-state index in [1.165, 1.54) is 21.9 Å². The minimum Gasteiger partial charge on any atom is -0.381 e. The van der Waals surface area contributed by atoms with Gasteiger partial charge in [0.15, 0.2) is 0 Å². The van der Waals surface area contributed by atoms with Crippen LogP contribution in [0.4, 0.5) is 13.2 Å². The van der Waals surface area contributed by atoms with Crippen molar-refractivity contribution in [2.75, 3.05) is 27.2 Å². The molecule has 0 unspecified atom stereocenters. The van der Waals surface area contributed by atoms with Crippen molar-refractivity contribution < 1.29 is 17.9 Å². The fourth-order valence-electron chi connectivity index (χ4n) is 6.24. The highest BCUT2D eigenvalue weighted by atomic mass is 19.4. The molecule has 2 aromatic heterocycles. The third-order valence-corrected chi connectivity index (χ3v) is 8.44. The van der Waals surface area contributed by atoms with E-state index in [0.717, 1.165) is 48.3 Å². The van der Waals surface area contributed by atoms with Gasteiger partial charge in [-0.05, 0) is 67.5 Å². The summed E-state index contributed by atoms with van der Waals surface area (Å²) in [7, 11) is 3.24. The summed E-state index contributed by atoms with van der Waals surface area (Å²) in [6.45, 7) is 4.13. The molecule has 40 heavy (non-hydrogen) atoms. The van der Waals surface area contributed by atoms with Crippen molar-refractivity contribution in [3.05, 3.63) is 69.9 Å². The molecular weight excluding hydrogens is 521 g/mol. The molecule has 2 N–H and O–H groups in total. The lowest BCUT2D eigenvalue weighted by Gasteiger charge is -2.49. The van der Waals surface area contributed by atoms with Crippen LogP contribution in [0.25, 0.3) is 11.2 Å². The predicted octanol–water partition coefficient (Wildman–Crippen LogP) is 4.90. The second kappa shape index (κ2) is 10.5. The molecule has 8 nitrogen and oxygen atoms in total. The first-order chi connectivity index (χ1) is 19.0. The summed E-state index contributed by atoms with van der Waals surface area (Å²) in [5.74, 6) is 0.701. The van der Waals surface area contributed by atoms with Crippen LogP contribution in [0.3, 0.4) is 0 Å². The summed E-state index contributed by atoms with van der Waals surface area (Å²) in [6, 6.07) is 8.19. The van der Waals surface area contributed by atoms with Crippen LogP contribution in [-0.2, 0) is 22.9 Å². The lowest BCUT2D eigenvalue weighted by Crippen LogP contribution is -2.55. The highest BCUT2D eigenvalue weighted by Gasteiger charge is 2.50. The maximum absolute atomic E-state index is 14.2. The normalized spacial score (nSPS) is 23.6. The molecule has 11 heteroatoms. The van der Waals surface area contributed by atoms with Gasteiger partial charge in [0.2, 0.25) is 0 Å². The first-order valence-corrected chi connectivity index (χ1v) is 13.5. The third kappa shape index (κ3) is 4.96. The number of halogens is 3. The fourth-order valence-corrected chi connectivity index (χ4v) is 6.24. The zero-order valence-corrected chi connectivity index (χ0v) is 23.0. The largest absolute Gasteiger partial charge is 0.418 e. The molecule has 2 aliphatic rings. The van der Waals surface area contributed by atoms with Gasteiger partial charge in [0, 0.05) is 39.6 Å². The number of nitrogens with one attached hydrogen (secondary N) is 2. The van der Waals surface area contributed by atoms with Gasteiger partial charge in [0.25, 0.3) is 0 Å². The molecule has 0 radical (unpaired) electrons. The lowest BCUT2D eigenvalue weighted by atomic mass is 9.61. The van der Waals surface area contributed by atoms with Crippen molar-refractivity contribution in [1.82, 2.24) is 18.8 Å². The Hall–Kier alpha value is -3.44. The van der Waals surface area contributed by atoms with E-state index in [-0.39, 0.29) is 17.5 Å². The number of pyridine rings is 1. The Morgan fingerprint density at radius 2 is 2.00 bits per heavy atom. The molecule has 3 heterocycles. The van der Waals surface area contributed by atoms with E-state index in [2.05, 4.69) is 11.8 Å². The maximum Gasteiger partial charge on any atom is 0.418 e. The van der Waals surface area contributed by atoms with Gasteiger partial charge < -0.3 is 9.64 Å². The van der Waals surface area contributed by atoms with E-state index in [1.807, 2.05) is 6.07 Å². The van der Waals surface area contributed by atoms with Crippen LogP contribution in [-0.4, -0.2) is 64.3 Å². The Morgan fingerprint density at radius 1 is 1.25 bits per heavy atom. The molecule has 2 fully saturated rings. The molecule has 3 aromatic rings. The molecule has 0 spiro atoms. The van der Waals surface area contributed by atoms with Gasteiger partial charge in [-0.3, -0.25) is 24.7 Å². The van der Waals surface area contributed by atoms with Crippen molar-refractivity contribution >= 4 is 17.7 Å². The molecule has 1 aliphatic heterocycles. The Labute approximate surface area is 231 Å². The van der Waals surface area contributed by atoms with Crippen LogP contribution in [0.2, 0.25) is 0 Å². The van der Waals surface area contributed by atoms with Crippen molar-refractivity contribution in [3.8, 4) is 5.69 Å². The zero-order valence-electron chi connectivity index (χ0n) is 23.0. The number of amidine groups is 1. The standard InChI is InChI=1S/C29H35F3N6O2/c1-19-6-5-9-36(14-19)15-20-10-24(29(30,31)32)25-17-37(27(39)38(25)16-20)22-8-4-7-21(11-22)28(12-23(13-28)40-3)26(34)35(2)18-33/h4,7-8,10-11,16-19,23,33-34H,5-6,9,12-15H2,1-3H3/t19-,23?,28?/m0/s1. The van der Waals surface area contributed by atoms with Crippen LogP contribution >= 0.6 is 0 Å². The first-order valence-electron chi connectivity index (χ1n) is 13.5. The number of hydrogen-bond acceptors (Lipinski definition) is 5. The fraction of sp³-hybridized carbons (Fsp3) is 0.483. The average molecular weight is 557 g/mol. The highest BCUT2D eigenvalue weighted by Crippen LogP contribution is 2.47. The van der Waals surface area contributed by atoms with Crippen LogP contribution in [0.15, 0.2) is 47.5 Å².